The first-order valence-electron chi connectivity index (χ1n) is 4.55. The van der Waals surface area contributed by atoms with Crippen LogP contribution >= 0.6 is 0 Å². The van der Waals surface area contributed by atoms with Gasteiger partial charge in [-0.3, -0.25) is 0 Å². The number of hydrogen-bond acceptors (Lipinski definition) is 0. The molecule has 0 aliphatic rings. The summed E-state index contributed by atoms with van der Waals surface area (Å²) in [5.41, 5.74) is 0. The molecule has 0 aliphatic carbocycles. The van der Waals surface area contributed by atoms with Gasteiger partial charge in [-0.15, -0.1) is 0 Å². The van der Waals surface area contributed by atoms with E-state index in [0.717, 1.165) is 5.92 Å². The predicted molar refractivity (Wildman–Crippen MR) is 47.8 cm³/mol. The van der Waals surface area contributed by atoms with E-state index < -0.39 is 0 Å². The zero-order valence-electron chi connectivity index (χ0n) is 7.69. The summed E-state index contributed by atoms with van der Waals surface area (Å²) in [6, 6.07) is 0. The van der Waals surface area contributed by atoms with Crippen molar-refractivity contribution in [2.24, 2.45) is 11.8 Å². The SMILES string of the molecule is [CH2]C(C)C(CC)CCCC. The Balaban J connectivity index is 3.40. The second-order valence-corrected chi connectivity index (χ2v) is 3.29. The number of unbranched alkanes of at least 4 members (excludes halogenated alkanes) is 1. The maximum Gasteiger partial charge on any atom is -0.0391 e. The van der Waals surface area contributed by atoms with E-state index >= 15 is 0 Å². The minimum atomic E-state index is 0.636. The molecule has 0 N–H and O–H groups in total. The fourth-order valence-corrected chi connectivity index (χ4v) is 1.36. The van der Waals surface area contributed by atoms with Gasteiger partial charge >= 0.3 is 0 Å². The van der Waals surface area contributed by atoms with E-state index in [0.29, 0.717) is 5.92 Å². The summed E-state index contributed by atoms with van der Waals surface area (Å²) in [5.74, 6) is 1.50. The lowest BCUT2D eigenvalue weighted by atomic mass is 9.89. The highest BCUT2D eigenvalue weighted by Crippen LogP contribution is 2.20. The topological polar surface area (TPSA) is 0 Å². The van der Waals surface area contributed by atoms with Gasteiger partial charge in [-0.2, -0.15) is 0 Å². The summed E-state index contributed by atoms with van der Waals surface area (Å²) in [6.07, 6.45) is 5.36. The molecule has 1 radical (unpaired) electrons. The van der Waals surface area contributed by atoms with Gasteiger partial charge in [0.25, 0.3) is 0 Å². The molecule has 61 valence electrons. The van der Waals surface area contributed by atoms with E-state index in [1.54, 1.807) is 0 Å². The standard InChI is InChI=1S/C10H21/c1-5-7-8-10(6-2)9(3)4/h9-10H,3,5-8H2,1-2,4H3. The lowest BCUT2D eigenvalue weighted by molar-refractivity contribution is 0.366. The molecule has 0 aromatic carbocycles. The van der Waals surface area contributed by atoms with Gasteiger partial charge < -0.3 is 0 Å². The van der Waals surface area contributed by atoms with E-state index in [9.17, 15) is 0 Å². The van der Waals surface area contributed by atoms with Gasteiger partial charge in [-0.25, -0.2) is 0 Å². The molecule has 0 aromatic heterocycles. The Morgan fingerprint density at radius 1 is 1.30 bits per heavy atom. The Hall–Kier alpha value is 0. The van der Waals surface area contributed by atoms with Crippen molar-refractivity contribution in [2.75, 3.05) is 0 Å². The van der Waals surface area contributed by atoms with E-state index in [1.165, 1.54) is 25.7 Å². The van der Waals surface area contributed by atoms with Gasteiger partial charge in [0, 0.05) is 0 Å². The molecular weight excluding hydrogens is 120 g/mol. The Kier molecular flexibility index (Phi) is 5.76. The molecule has 2 unspecified atom stereocenters. The van der Waals surface area contributed by atoms with Gasteiger partial charge in [0.15, 0.2) is 0 Å². The Morgan fingerprint density at radius 3 is 2.20 bits per heavy atom. The molecule has 0 fully saturated rings. The third-order valence-corrected chi connectivity index (χ3v) is 2.26. The van der Waals surface area contributed by atoms with Gasteiger partial charge in [0.1, 0.15) is 0 Å². The molecule has 2 atom stereocenters. The molecule has 0 saturated carbocycles. The van der Waals surface area contributed by atoms with Crippen LogP contribution < -0.4 is 0 Å². The molecule has 0 heterocycles. The minimum absolute atomic E-state index is 0.636. The van der Waals surface area contributed by atoms with E-state index in [1.807, 2.05) is 0 Å². The van der Waals surface area contributed by atoms with Crippen molar-refractivity contribution in [1.82, 2.24) is 0 Å². The van der Waals surface area contributed by atoms with Gasteiger partial charge in [-0.05, 0) is 11.8 Å². The zero-order valence-corrected chi connectivity index (χ0v) is 7.69. The lowest BCUT2D eigenvalue weighted by Gasteiger charge is -2.17. The van der Waals surface area contributed by atoms with Crippen LogP contribution in [0.2, 0.25) is 0 Å². The Morgan fingerprint density at radius 2 is 1.90 bits per heavy atom. The number of hydrogen-bond donors (Lipinski definition) is 0. The molecule has 0 bridgehead atoms. The van der Waals surface area contributed by atoms with Crippen LogP contribution in [-0.2, 0) is 0 Å². The van der Waals surface area contributed by atoms with Crippen LogP contribution in [0.1, 0.15) is 46.5 Å². The van der Waals surface area contributed by atoms with Gasteiger partial charge in [-0.1, -0.05) is 53.4 Å². The molecule has 0 rings (SSSR count). The van der Waals surface area contributed by atoms with Crippen molar-refractivity contribution >= 4 is 0 Å². The van der Waals surface area contributed by atoms with Crippen LogP contribution in [0.15, 0.2) is 0 Å². The molecule has 0 aliphatic heterocycles. The average Bonchev–Trinajstić information content (AvgIpc) is 1.89. The predicted octanol–water partition coefficient (Wildman–Crippen LogP) is 3.67. The molecule has 0 spiro atoms. The molecule has 0 amide bonds. The molecule has 0 saturated heterocycles. The van der Waals surface area contributed by atoms with Crippen molar-refractivity contribution in [3.8, 4) is 0 Å². The first-order valence-corrected chi connectivity index (χ1v) is 4.55. The maximum absolute atomic E-state index is 4.06. The smallest absolute Gasteiger partial charge is 0.0391 e. The van der Waals surface area contributed by atoms with Crippen LogP contribution in [0.25, 0.3) is 0 Å². The summed E-state index contributed by atoms with van der Waals surface area (Å²) in [4.78, 5) is 0. The van der Waals surface area contributed by atoms with Crippen molar-refractivity contribution < 1.29 is 0 Å². The van der Waals surface area contributed by atoms with Crippen LogP contribution in [-0.4, -0.2) is 0 Å². The number of rotatable bonds is 5. The fourth-order valence-electron chi connectivity index (χ4n) is 1.36. The second kappa shape index (κ2) is 5.76. The summed E-state index contributed by atoms with van der Waals surface area (Å²) in [7, 11) is 0. The summed E-state index contributed by atoms with van der Waals surface area (Å²) in [6.45, 7) is 10.8. The summed E-state index contributed by atoms with van der Waals surface area (Å²) >= 11 is 0. The van der Waals surface area contributed by atoms with Crippen LogP contribution in [0, 0.1) is 18.8 Å². The highest BCUT2D eigenvalue weighted by Gasteiger charge is 2.09. The molecule has 0 heteroatoms. The van der Waals surface area contributed by atoms with E-state index in [2.05, 4.69) is 27.7 Å². The van der Waals surface area contributed by atoms with Crippen LogP contribution in [0.4, 0.5) is 0 Å². The Bertz CT molecular complexity index is 64.4. The third kappa shape index (κ3) is 3.92. The highest BCUT2D eigenvalue weighted by atomic mass is 14.1. The van der Waals surface area contributed by atoms with Crippen molar-refractivity contribution in [2.45, 2.75) is 46.5 Å². The van der Waals surface area contributed by atoms with Crippen molar-refractivity contribution in [3.05, 3.63) is 6.92 Å². The molecule has 0 nitrogen and oxygen atoms in total. The third-order valence-electron chi connectivity index (χ3n) is 2.26. The molecule has 10 heavy (non-hydrogen) atoms. The maximum atomic E-state index is 4.06. The van der Waals surface area contributed by atoms with E-state index in [-0.39, 0.29) is 0 Å². The first-order chi connectivity index (χ1) is 4.72. The normalized spacial score (nSPS) is 14.1. The second-order valence-electron chi connectivity index (χ2n) is 3.29. The van der Waals surface area contributed by atoms with Crippen molar-refractivity contribution in [3.63, 3.8) is 0 Å². The van der Waals surface area contributed by atoms with Gasteiger partial charge in [0.05, 0.1) is 0 Å². The molecular formula is C10H21. The lowest BCUT2D eigenvalue weighted by Crippen LogP contribution is -2.06. The summed E-state index contributed by atoms with van der Waals surface area (Å²) in [5, 5.41) is 0. The zero-order chi connectivity index (χ0) is 7.98. The van der Waals surface area contributed by atoms with Crippen LogP contribution in [0.5, 0.6) is 0 Å². The molecule has 0 aromatic rings. The first kappa shape index (κ1) is 10.0. The minimum Gasteiger partial charge on any atom is -0.0654 e. The van der Waals surface area contributed by atoms with Gasteiger partial charge in [0.2, 0.25) is 0 Å². The van der Waals surface area contributed by atoms with Crippen molar-refractivity contribution in [1.29, 1.82) is 0 Å². The van der Waals surface area contributed by atoms with Crippen LogP contribution in [0.3, 0.4) is 0 Å². The monoisotopic (exact) mass is 141 g/mol. The van der Waals surface area contributed by atoms with E-state index in [4.69, 9.17) is 0 Å². The largest absolute Gasteiger partial charge is 0.0654 e. The quantitative estimate of drug-likeness (QED) is 0.548. The Labute approximate surface area is 66.0 Å². The summed E-state index contributed by atoms with van der Waals surface area (Å²) < 4.78 is 0. The highest BCUT2D eigenvalue weighted by molar-refractivity contribution is 4.66. The average molecular weight is 141 g/mol. The fraction of sp³-hybridized carbons (Fsp3) is 0.900.